The van der Waals surface area contributed by atoms with E-state index in [9.17, 15) is 24.8 Å². The van der Waals surface area contributed by atoms with Crippen LogP contribution in [0.1, 0.15) is 35.6 Å². The molecule has 2 heterocycles. The topological polar surface area (TPSA) is 122 Å². The van der Waals surface area contributed by atoms with Gasteiger partial charge in [-0.3, -0.25) is 15.0 Å². The second kappa shape index (κ2) is 10.9. The number of benzene rings is 3. The van der Waals surface area contributed by atoms with E-state index in [0.29, 0.717) is 24.4 Å². The van der Waals surface area contributed by atoms with Crippen LogP contribution in [0.25, 0.3) is 0 Å². The van der Waals surface area contributed by atoms with Crippen molar-refractivity contribution in [2.45, 2.75) is 25.0 Å². The van der Waals surface area contributed by atoms with E-state index < -0.39 is 22.8 Å². The molecule has 0 saturated carbocycles. The first-order valence-electron chi connectivity index (χ1n) is 12.5. The molecular weight excluding hydrogens is 498 g/mol. The number of rotatable bonds is 8. The molecule has 1 unspecified atom stereocenters. The summed E-state index contributed by atoms with van der Waals surface area (Å²) in [5.41, 5.74) is 2.76. The summed E-state index contributed by atoms with van der Waals surface area (Å²) in [5.74, 6) is -2.90. The molecule has 1 atom stereocenters. The van der Waals surface area contributed by atoms with Gasteiger partial charge >= 0.3 is 11.9 Å². The molecule has 9 heteroatoms. The molecule has 5 rings (SSSR count). The summed E-state index contributed by atoms with van der Waals surface area (Å²) in [6.07, 6.45) is 1.04. The Morgan fingerprint density at radius 3 is 2.18 bits per heavy atom. The van der Waals surface area contributed by atoms with Gasteiger partial charge in [0.25, 0.3) is 5.69 Å². The summed E-state index contributed by atoms with van der Waals surface area (Å²) in [5, 5.41) is 24.2. The average molecular weight is 526 g/mol. The Kier molecular flexibility index (Phi) is 7.25. The fourth-order valence-corrected chi connectivity index (χ4v) is 5.20. The van der Waals surface area contributed by atoms with Crippen molar-refractivity contribution in [3.05, 3.63) is 135 Å². The number of allylic oxidation sites excluding steroid dienone is 1. The van der Waals surface area contributed by atoms with Gasteiger partial charge in [-0.2, -0.15) is 0 Å². The number of ether oxygens (including phenoxy) is 1. The van der Waals surface area contributed by atoms with Crippen LogP contribution >= 0.6 is 0 Å². The zero-order valence-corrected chi connectivity index (χ0v) is 21.2. The molecule has 0 amide bonds. The Balaban J connectivity index is 1.36. The molecule has 1 saturated heterocycles. The van der Waals surface area contributed by atoms with E-state index in [1.807, 2.05) is 36.4 Å². The van der Waals surface area contributed by atoms with Crippen molar-refractivity contribution < 1.29 is 24.4 Å². The van der Waals surface area contributed by atoms with Gasteiger partial charge < -0.3 is 15.2 Å². The summed E-state index contributed by atoms with van der Waals surface area (Å²) in [6.45, 7) is 2.59. The van der Waals surface area contributed by atoms with Gasteiger partial charge in [0.05, 0.1) is 28.0 Å². The number of nitro benzene ring substituents is 1. The number of hydrogen-bond acceptors (Lipinski definition) is 7. The maximum Gasteiger partial charge on any atom is 0.336 e. The van der Waals surface area contributed by atoms with Crippen LogP contribution < -0.4 is 5.32 Å². The lowest BCUT2D eigenvalue weighted by Gasteiger charge is -2.44. The number of carboxylic acids is 1. The summed E-state index contributed by atoms with van der Waals surface area (Å²) in [4.78, 5) is 38.6. The molecule has 3 aromatic rings. The van der Waals surface area contributed by atoms with Gasteiger partial charge in [0.1, 0.15) is 6.10 Å². The zero-order chi connectivity index (χ0) is 27.5. The Hall–Kier alpha value is -4.76. The number of likely N-dealkylation sites (tertiary alicyclic amines) is 1. The summed E-state index contributed by atoms with van der Waals surface area (Å²) in [6, 6.07) is 25.9. The highest BCUT2D eigenvalue weighted by Gasteiger charge is 2.40. The Morgan fingerprint density at radius 2 is 1.62 bits per heavy atom. The summed E-state index contributed by atoms with van der Waals surface area (Å²) in [7, 11) is 0. The minimum Gasteiger partial charge on any atom is -0.478 e. The van der Waals surface area contributed by atoms with Gasteiger partial charge in [-0.15, -0.1) is 0 Å². The number of carbonyl (C=O) groups excluding carboxylic acids is 1. The van der Waals surface area contributed by atoms with E-state index in [4.69, 9.17) is 4.74 Å². The smallest absolute Gasteiger partial charge is 0.336 e. The maximum atomic E-state index is 13.4. The number of aliphatic carboxylic acids is 1. The highest BCUT2D eigenvalue weighted by molar-refractivity contribution is 5.98. The van der Waals surface area contributed by atoms with Gasteiger partial charge in [0, 0.05) is 37.1 Å². The molecule has 2 aliphatic heterocycles. The van der Waals surface area contributed by atoms with E-state index in [1.165, 1.54) is 24.4 Å². The molecule has 9 nitrogen and oxygen atoms in total. The third kappa shape index (κ3) is 5.30. The highest BCUT2D eigenvalue weighted by Crippen LogP contribution is 2.39. The second-order valence-electron chi connectivity index (χ2n) is 9.58. The van der Waals surface area contributed by atoms with Crippen LogP contribution in [-0.4, -0.2) is 46.1 Å². The molecule has 0 aliphatic carbocycles. The third-order valence-corrected chi connectivity index (χ3v) is 7.07. The summed E-state index contributed by atoms with van der Waals surface area (Å²) >= 11 is 0. The predicted molar refractivity (Wildman–Crippen MR) is 144 cm³/mol. The van der Waals surface area contributed by atoms with Crippen LogP contribution in [-0.2, 0) is 14.3 Å². The van der Waals surface area contributed by atoms with Gasteiger partial charge in [0.15, 0.2) is 0 Å². The lowest BCUT2D eigenvalue weighted by molar-refractivity contribution is -0.384. The number of dihydropyridines is 1. The largest absolute Gasteiger partial charge is 0.478 e. The Bertz CT molecular complexity index is 1420. The fraction of sp³-hybridized carbons (Fsp3) is 0.200. The number of hydrogen-bond donors (Lipinski definition) is 2. The molecule has 0 spiro atoms. The van der Waals surface area contributed by atoms with E-state index in [1.54, 1.807) is 13.0 Å². The van der Waals surface area contributed by atoms with Crippen molar-refractivity contribution in [3.63, 3.8) is 0 Å². The van der Waals surface area contributed by atoms with Crippen molar-refractivity contribution in [1.29, 1.82) is 0 Å². The number of non-ortho nitro benzene ring substituents is 1. The fourth-order valence-electron chi connectivity index (χ4n) is 5.20. The standard InChI is InChI=1S/C30H27N3O6/c1-19-26(29(34)35)27(22-13-8-14-23(15-22)33(37)38)25(16-31-19)30(36)39-24-17-32(18-24)28(20-9-4-2-5-10-20)21-11-6-3-7-12-21/h2-16,24,27-28,31H,17-18H2,1H3,(H,34,35). The van der Waals surface area contributed by atoms with Crippen molar-refractivity contribution in [2.75, 3.05) is 13.1 Å². The Morgan fingerprint density at radius 1 is 1.00 bits per heavy atom. The molecule has 0 bridgehead atoms. The molecular formula is C30H27N3O6. The van der Waals surface area contributed by atoms with Crippen molar-refractivity contribution >= 4 is 17.6 Å². The van der Waals surface area contributed by atoms with E-state index in [0.717, 1.165) is 11.1 Å². The number of carbonyl (C=O) groups is 2. The average Bonchev–Trinajstić information content (AvgIpc) is 2.92. The molecule has 198 valence electrons. The highest BCUT2D eigenvalue weighted by atomic mass is 16.6. The van der Waals surface area contributed by atoms with Crippen molar-refractivity contribution in [3.8, 4) is 0 Å². The quantitative estimate of drug-likeness (QED) is 0.250. The number of nitrogens with one attached hydrogen (secondary N) is 1. The second-order valence-corrected chi connectivity index (χ2v) is 9.58. The molecule has 2 aliphatic rings. The van der Waals surface area contributed by atoms with Crippen molar-refractivity contribution in [2.24, 2.45) is 0 Å². The minimum atomic E-state index is -1.22. The van der Waals surface area contributed by atoms with Crippen LogP contribution in [0.5, 0.6) is 0 Å². The third-order valence-electron chi connectivity index (χ3n) is 7.07. The number of carboxylic acid groups (broad SMARTS) is 1. The van der Waals surface area contributed by atoms with E-state index in [-0.39, 0.29) is 29.0 Å². The lowest BCUT2D eigenvalue weighted by atomic mass is 9.82. The van der Waals surface area contributed by atoms with Crippen LogP contribution in [0, 0.1) is 10.1 Å². The molecule has 1 fully saturated rings. The molecule has 0 aromatic heterocycles. The maximum absolute atomic E-state index is 13.4. The SMILES string of the molecule is CC1=C(C(=O)O)C(c2cccc([N+](=O)[O-])c2)C(C(=O)OC2CN(C(c3ccccc3)c3ccccc3)C2)=CN1. The number of nitro groups is 1. The van der Waals surface area contributed by atoms with Gasteiger partial charge in [-0.1, -0.05) is 72.8 Å². The molecule has 2 N–H and O–H groups in total. The van der Waals surface area contributed by atoms with Crippen LogP contribution in [0.4, 0.5) is 5.69 Å². The van der Waals surface area contributed by atoms with Crippen molar-refractivity contribution in [1.82, 2.24) is 10.2 Å². The molecule has 0 radical (unpaired) electrons. The first-order chi connectivity index (χ1) is 18.8. The first kappa shape index (κ1) is 25.9. The van der Waals surface area contributed by atoms with Gasteiger partial charge in [0.2, 0.25) is 0 Å². The van der Waals surface area contributed by atoms with Crippen LogP contribution in [0.3, 0.4) is 0 Å². The van der Waals surface area contributed by atoms with Gasteiger partial charge in [-0.25, -0.2) is 9.59 Å². The first-order valence-corrected chi connectivity index (χ1v) is 12.5. The minimum absolute atomic E-state index is 0.000253. The lowest BCUT2D eigenvalue weighted by Crippen LogP contribution is -2.54. The zero-order valence-electron chi connectivity index (χ0n) is 21.2. The normalized spacial score (nSPS) is 17.7. The van der Waals surface area contributed by atoms with E-state index >= 15 is 0 Å². The summed E-state index contributed by atoms with van der Waals surface area (Å²) < 4.78 is 5.83. The predicted octanol–water partition coefficient (Wildman–Crippen LogP) is 4.54. The van der Waals surface area contributed by atoms with E-state index in [2.05, 4.69) is 34.5 Å². The molecule has 3 aromatic carbocycles. The van der Waals surface area contributed by atoms with Crippen LogP contribution in [0.15, 0.2) is 108 Å². The number of nitrogens with zero attached hydrogens (tertiary/aromatic N) is 2. The Labute approximate surface area is 225 Å². The van der Waals surface area contributed by atoms with Crippen LogP contribution in [0.2, 0.25) is 0 Å². The number of esters is 1. The monoisotopic (exact) mass is 525 g/mol. The van der Waals surface area contributed by atoms with Gasteiger partial charge in [-0.05, 0) is 23.6 Å². The molecule has 39 heavy (non-hydrogen) atoms.